The molecule has 0 bridgehead atoms. The Morgan fingerprint density at radius 1 is 1.04 bits per heavy atom. The average molecular weight is 402 g/mol. The molecule has 0 atom stereocenters. The first kappa shape index (κ1) is 17.0. The van der Waals surface area contributed by atoms with Crippen LogP contribution in [-0.2, 0) is 5.75 Å². The van der Waals surface area contributed by atoms with Crippen LogP contribution in [0.25, 0.3) is 11.5 Å². The summed E-state index contributed by atoms with van der Waals surface area (Å²) in [5.74, 6) is 1.63. The van der Waals surface area contributed by atoms with E-state index < -0.39 is 0 Å². The summed E-state index contributed by atoms with van der Waals surface area (Å²) in [7, 11) is 0. The van der Waals surface area contributed by atoms with Crippen molar-refractivity contribution in [2.45, 2.75) is 10.1 Å². The Kier molecular flexibility index (Phi) is 5.14. The fraction of sp³-hybridized carbons (Fsp3) is 0.0588. The Morgan fingerprint density at radius 2 is 1.85 bits per heavy atom. The van der Waals surface area contributed by atoms with E-state index in [1.807, 2.05) is 42.5 Å². The number of benzene rings is 2. The third-order valence-corrected chi connectivity index (χ3v) is 5.54. The molecule has 6 nitrogen and oxygen atoms in total. The molecule has 0 aliphatic carbocycles. The number of nitrogens with zero attached hydrogens (tertiary/aromatic N) is 4. The fourth-order valence-electron chi connectivity index (χ4n) is 2.11. The van der Waals surface area contributed by atoms with Gasteiger partial charge >= 0.3 is 0 Å². The summed E-state index contributed by atoms with van der Waals surface area (Å²) < 4.78 is 6.14. The van der Waals surface area contributed by atoms with E-state index in [4.69, 9.17) is 16.1 Å². The molecule has 26 heavy (non-hydrogen) atoms. The highest BCUT2D eigenvalue weighted by Gasteiger charge is 2.11. The standard InChI is InChI=1S/C17H12ClN5OS2/c18-12-8-6-11(7-9-12)15-20-14(23-24-15)10-25-17-22-21-16(26-17)19-13-4-2-1-3-5-13/h1-9H,10H2,(H,19,21). The van der Waals surface area contributed by atoms with Gasteiger partial charge in [-0.15, -0.1) is 10.2 Å². The molecule has 0 fully saturated rings. The van der Waals surface area contributed by atoms with Gasteiger partial charge in [-0.3, -0.25) is 0 Å². The molecule has 0 spiro atoms. The molecule has 2 aromatic carbocycles. The predicted octanol–water partition coefficient (Wildman–Crippen LogP) is 5.28. The van der Waals surface area contributed by atoms with Crippen molar-refractivity contribution in [3.8, 4) is 11.5 Å². The maximum absolute atomic E-state index is 5.89. The monoisotopic (exact) mass is 401 g/mol. The van der Waals surface area contributed by atoms with Gasteiger partial charge in [0.15, 0.2) is 10.2 Å². The van der Waals surface area contributed by atoms with Crippen LogP contribution in [0.15, 0.2) is 63.5 Å². The number of hydrogen-bond donors (Lipinski definition) is 1. The molecule has 2 heterocycles. The molecule has 4 aromatic rings. The van der Waals surface area contributed by atoms with E-state index in [9.17, 15) is 0 Å². The van der Waals surface area contributed by atoms with Crippen molar-refractivity contribution < 1.29 is 4.52 Å². The van der Waals surface area contributed by atoms with E-state index in [2.05, 4.69) is 25.7 Å². The van der Waals surface area contributed by atoms with Gasteiger partial charge in [-0.05, 0) is 36.4 Å². The second kappa shape index (κ2) is 7.86. The lowest BCUT2D eigenvalue weighted by molar-refractivity contribution is 0.425. The maximum atomic E-state index is 5.89. The van der Waals surface area contributed by atoms with Gasteiger partial charge in [0.2, 0.25) is 5.13 Å². The SMILES string of the molecule is Clc1ccc(-c2nc(CSc3nnc(Nc4ccccc4)s3)no2)cc1. The van der Waals surface area contributed by atoms with E-state index in [1.54, 1.807) is 12.1 Å². The number of anilines is 2. The quantitative estimate of drug-likeness (QED) is 0.440. The highest BCUT2D eigenvalue weighted by molar-refractivity contribution is 8.00. The number of nitrogens with one attached hydrogen (secondary N) is 1. The highest BCUT2D eigenvalue weighted by atomic mass is 35.5. The Bertz CT molecular complexity index is 988. The molecule has 0 unspecified atom stereocenters. The smallest absolute Gasteiger partial charge is 0.257 e. The molecule has 0 amide bonds. The van der Waals surface area contributed by atoms with Gasteiger partial charge < -0.3 is 9.84 Å². The highest BCUT2D eigenvalue weighted by Crippen LogP contribution is 2.30. The molecule has 1 N–H and O–H groups in total. The van der Waals surface area contributed by atoms with Crippen molar-refractivity contribution in [2.75, 3.05) is 5.32 Å². The molecule has 0 saturated carbocycles. The lowest BCUT2D eigenvalue weighted by Crippen LogP contribution is -1.87. The Morgan fingerprint density at radius 3 is 2.65 bits per heavy atom. The van der Waals surface area contributed by atoms with E-state index >= 15 is 0 Å². The molecule has 0 aliphatic heterocycles. The van der Waals surface area contributed by atoms with Crippen molar-refractivity contribution in [2.24, 2.45) is 0 Å². The largest absolute Gasteiger partial charge is 0.334 e. The van der Waals surface area contributed by atoms with Gasteiger partial charge in [0, 0.05) is 16.3 Å². The number of halogens is 1. The first-order chi connectivity index (χ1) is 12.8. The van der Waals surface area contributed by atoms with Crippen LogP contribution in [0, 0.1) is 0 Å². The summed E-state index contributed by atoms with van der Waals surface area (Å²) in [5.41, 5.74) is 1.81. The topological polar surface area (TPSA) is 76.7 Å². The van der Waals surface area contributed by atoms with Crippen molar-refractivity contribution in [1.29, 1.82) is 0 Å². The fourth-order valence-corrected chi connectivity index (χ4v) is 3.85. The number of thioether (sulfide) groups is 1. The van der Waals surface area contributed by atoms with Crippen molar-refractivity contribution in [1.82, 2.24) is 20.3 Å². The molecular weight excluding hydrogens is 390 g/mol. The third kappa shape index (κ3) is 4.21. The lowest BCUT2D eigenvalue weighted by Gasteiger charge is -1.99. The van der Waals surface area contributed by atoms with Crippen LogP contribution in [0.4, 0.5) is 10.8 Å². The van der Waals surface area contributed by atoms with Crippen molar-refractivity contribution in [3.05, 3.63) is 65.4 Å². The minimum absolute atomic E-state index is 0.473. The zero-order valence-corrected chi connectivity index (χ0v) is 15.7. The minimum Gasteiger partial charge on any atom is -0.334 e. The van der Waals surface area contributed by atoms with Crippen molar-refractivity contribution in [3.63, 3.8) is 0 Å². The summed E-state index contributed by atoms with van der Waals surface area (Å²) in [5, 5.41) is 17.0. The second-order valence-electron chi connectivity index (χ2n) is 5.18. The Balaban J connectivity index is 1.37. The van der Waals surface area contributed by atoms with Gasteiger partial charge in [-0.25, -0.2) is 0 Å². The predicted molar refractivity (Wildman–Crippen MR) is 104 cm³/mol. The molecule has 2 aromatic heterocycles. The van der Waals surface area contributed by atoms with Gasteiger partial charge in [0.25, 0.3) is 5.89 Å². The Hall–Kier alpha value is -2.42. The first-order valence-electron chi connectivity index (χ1n) is 7.63. The average Bonchev–Trinajstić information content (AvgIpc) is 3.31. The summed E-state index contributed by atoms with van der Waals surface area (Å²) in [6, 6.07) is 17.1. The second-order valence-corrected chi connectivity index (χ2v) is 7.81. The summed E-state index contributed by atoms with van der Waals surface area (Å²) in [6.07, 6.45) is 0. The van der Waals surface area contributed by atoms with Gasteiger partial charge in [-0.1, -0.05) is 58.1 Å². The molecular formula is C17H12ClN5OS2. The van der Waals surface area contributed by atoms with Crippen LogP contribution < -0.4 is 5.32 Å². The molecule has 4 rings (SSSR count). The zero-order chi connectivity index (χ0) is 17.8. The first-order valence-corrected chi connectivity index (χ1v) is 9.81. The zero-order valence-electron chi connectivity index (χ0n) is 13.3. The summed E-state index contributed by atoms with van der Waals surface area (Å²) >= 11 is 8.88. The molecule has 9 heteroatoms. The van der Waals surface area contributed by atoms with E-state index in [-0.39, 0.29) is 0 Å². The van der Waals surface area contributed by atoms with E-state index in [0.717, 1.165) is 20.7 Å². The maximum Gasteiger partial charge on any atom is 0.257 e. The summed E-state index contributed by atoms with van der Waals surface area (Å²) in [6.45, 7) is 0. The molecule has 130 valence electrons. The van der Waals surface area contributed by atoms with Crippen LogP contribution in [0.5, 0.6) is 0 Å². The minimum atomic E-state index is 0.473. The Labute approximate surface area is 162 Å². The van der Waals surface area contributed by atoms with Gasteiger partial charge in [0.05, 0.1) is 5.75 Å². The molecule has 0 radical (unpaired) electrons. The van der Waals surface area contributed by atoms with Crippen LogP contribution in [0.2, 0.25) is 5.02 Å². The van der Waals surface area contributed by atoms with E-state index in [1.165, 1.54) is 23.1 Å². The number of aromatic nitrogens is 4. The van der Waals surface area contributed by atoms with Gasteiger partial charge in [0.1, 0.15) is 0 Å². The lowest BCUT2D eigenvalue weighted by atomic mass is 10.2. The van der Waals surface area contributed by atoms with Crippen LogP contribution >= 0.6 is 34.7 Å². The van der Waals surface area contributed by atoms with Crippen LogP contribution in [0.3, 0.4) is 0 Å². The number of hydrogen-bond acceptors (Lipinski definition) is 8. The molecule has 0 aliphatic rings. The summed E-state index contributed by atoms with van der Waals surface area (Å²) in [4.78, 5) is 4.40. The van der Waals surface area contributed by atoms with Crippen molar-refractivity contribution >= 4 is 45.5 Å². The van der Waals surface area contributed by atoms with Crippen LogP contribution in [-0.4, -0.2) is 20.3 Å². The normalized spacial score (nSPS) is 10.8. The number of para-hydroxylation sites is 1. The van der Waals surface area contributed by atoms with Gasteiger partial charge in [-0.2, -0.15) is 4.98 Å². The van der Waals surface area contributed by atoms with E-state index in [0.29, 0.717) is 22.5 Å². The molecule has 0 saturated heterocycles. The third-order valence-electron chi connectivity index (χ3n) is 3.32. The number of rotatable bonds is 6. The van der Waals surface area contributed by atoms with Crippen LogP contribution in [0.1, 0.15) is 5.82 Å².